The first kappa shape index (κ1) is 14.3. The number of fused-ring (bicyclic) bond motifs is 3. The van der Waals surface area contributed by atoms with Crippen LogP contribution >= 0.6 is 23.8 Å². The van der Waals surface area contributed by atoms with Crippen LogP contribution < -0.4 is 0 Å². The third kappa shape index (κ3) is 2.15. The van der Waals surface area contributed by atoms with Crippen LogP contribution in [0.3, 0.4) is 0 Å². The summed E-state index contributed by atoms with van der Waals surface area (Å²) in [6, 6.07) is 5.48. The Morgan fingerprint density at radius 3 is 2.87 bits per heavy atom. The number of rotatable bonds is 2. The van der Waals surface area contributed by atoms with Crippen LogP contribution in [0, 0.1) is 11.7 Å². The first-order chi connectivity index (χ1) is 11.1. The van der Waals surface area contributed by atoms with Gasteiger partial charge in [0.25, 0.3) is 0 Å². The summed E-state index contributed by atoms with van der Waals surface area (Å²) in [6.07, 6.45) is 0.887. The van der Waals surface area contributed by atoms with E-state index in [2.05, 4.69) is 32.2 Å². The molecule has 0 aliphatic heterocycles. The average Bonchev–Trinajstić information content (AvgIpc) is 3.12. The first-order valence-corrected chi connectivity index (χ1v) is 7.99. The van der Waals surface area contributed by atoms with E-state index in [-0.39, 0.29) is 0 Å². The maximum Gasteiger partial charge on any atom is 0.221 e. The van der Waals surface area contributed by atoms with Gasteiger partial charge in [-0.1, -0.05) is 18.5 Å². The van der Waals surface area contributed by atoms with E-state index in [0.717, 1.165) is 34.3 Å². The SMILES string of the molecule is CCc1[nH]nc(-c2nc3c4cc(Cl)ccc4nc(=S)n3[nH]2)c1C. The number of aryl methyl sites for hydroxylation is 1. The van der Waals surface area contributed by atoms with Gasteiger partial charge >= 0.3 is 0 Å². The third-order valence-electron chi connectivity index (χ3n) is 3.94. The quantitative estimate of drug-likeness (QED) is 0.541. The fourth-order valence-corrected chi connectivity index (χ4v) is 3.11. The van der Waals surface area contributed by atoms with Crippen molar-refractivity contribution in [3.05, 3.63) is 39.3 Å². The lowest BCUT2D eigenvalue weighted by molar-refractivity contribution is 0.913. The van der Waals surface area contributed by atoms with Crippen LogP contribution in [-0.4, -0.2) is 29.8 Å². The molecule has 0 bridgehead atoms. The molecule has 0 unspecified atom stereocenters. The molecule has 4 rings (SSSR count). The highest BCUT2D eigenvalue weighted by Crippen LogP contribution is 2.25. The van der Waals surface area contributed by atoms with Crippen molar-refractivity contribution in [2.45, 2.75) is 20.3 Å². The second-order valence-corrected chi connectivity index (χ2v) is 6.12. The first-order valence-electron chi connectivity index (χ1n) is 7.20. The normalized spacial score (nSPS) is 11.6. The zero-order valence-electron chi connectivity index (χ0n) is 12.5. The highest BCUT2D eigenvalue weighted by molar-refractivity contribution is 7.71. The number of halogens is 1. The molecule has 0 spiro atoms. The lowest BCUT2D eigenvalue weighted by Gasteiger charge is -1.99. The zero-order chi connectivity index (χ0) is 16.1. The lowest BCUT2D eigenvalue weighted by atomic mass is 10.1. The summed E-state index contributed by atoms with van der Waals surface area (Å²) >= 11 is 11.5. The van der Waals surface area contributed by atoms with Gasteiger partial charge in [-0.2, -0.15) is 5.10 Å². The van der Waals surface area contributed by atoms with Crippen molar-refractivity contribution >= 4 is 40.4 Å². The second-order valence-electron chi connectivity index (χ2n) is 5.32. The second kappa shape index (κ2) is 5.14. The Balaban J connectivity index is 2.05. The van der Waals surface area contributed by atoms with Gasteiger partial charge in [-0.3, -0.25) is 10.2 Å². The van der Waals surface area contributed by atoms with Gasteiger partial charge in [0.2, 0.25) is 4.77 Å². The predicted molar refractivity (Wildman–Crippen MR) is 92.4 cm³/mol. The van der Waals surface area contributed by atoms with Crippen molar-refractivity contribution in [3.63, 3.8) is 0 Å². The van der Waals surface area contributed by atoms with Gasteiger partial charge in [0.1, 0.15) is 5.69 Å². The molecule has 2 N–H and O–H groups in total. The summed E-state index contributed by atoms with van der Waals surface area (Å²) in [7, 11) is 0. The summed E-state index contributed by atoms with van der Waals surface area (Å²) < 4.78 is 2.10. The molecule has 0 saturated heterocycles. The summed E-state index contributed by atoms with van der Waals surface area (Å²) in [5, 5.41) is 12.1. The Hall–Kier alpha value is -2.25. The van der Waals surface area contributed by atoms with E-state index in [0.29, 0.717) is 21.3 Å². The topological polar surface area (TPSA) is 74.7 Å². The average molecular weight is 345 g/mol. The summed E-state index contributed by atoms with van der Waals surface area (Å²) in [5.41, 5.74) is 4.42. The number of hydrogen-bond acceptors (Lipinski definition) is 4. The van der Waals surface area contributed by atoms with Gasteiger partial charge in [-0.05, 0) is 43.8 Å². The fraction of sp³-hybridized carbons (Fsp3) is 0.200. The van der Waals surface area contributed by atoms with Crippen molar-refractivity contribution in [2.75, 3.05) is 0 Å². The maximum absolute atomic E-state index is 6.11. The van der Waals surface area contributed by atoms with Gasteiger partial charge < -0.3 is 0 Å². The lowest BCUT2D eigenvalue weighted by Crippen LogP contribution is -1.94. The van der Waals surface area contributed by atoms with Crippen LogP contribution in [0.5, 0.6) is 0 Å². The van der Waals surface area contributed by atoms with E-state index in [9.17, 15) is 0 Å². The number of benzene rings is 1. The van der Waals surface area contributed by atoms with Gasteiger partial charge in [-0.25, -0.2) is 14.5 Å². The molecule has 3 aromatic heterocycles. The Morgan fingerprint density at radius 1 is 1.30 bits per heavy atom. The molecule has 4 aromatic rings. The Bertz CT molecular complexity index is 1110. The molecule has 1 aromatic carbocycles. The largest absolute Gasteiger partial charge is 0.282 e. The minimum atomic E-state index is 0.414. The Labute approximate surface area is 141 Å². The van der Waals surface area contributed by atoms with Gasteiger partial charge in [0.15, 0.2) is 11.5 Å². The molecule has 23 heavy (non-hydrogen) atoms. The van der Waals surface area contributed by atoms with Crippen LogP contribution in [0.4, 0.5) is 0 Å². The molecule has 0 atom stereocenters. The molecular weight excluding hydrogens is 332 g/mol. The van der Waals surface area contributed by atoms with Gasteiger partial charge in [-0.15, -0.1) is 0 Å². The van der Waals surface area contributed by atoms with E-state index in [1.807, 2.05) is 19.1 Å². The molecule has 6 nitrogen and oxygen atoms in total. The minimum Gasteiger partial charge on any atom is -0.282 e. The number of aromatic amines is 2. The fourth-order valence-electron chi connectivity index (χ4n) is 2.71. The standard InChI is InChI=1S/C15H13ClN6S/c1-3-10-7(2)12(20-19-10)13-18-14-9-6-8(16)4-5-11(9)17-15(23)22(14)21-13/h4-6H,3H2,1-2H3,(H,18,21)(H,19,20). The number of nitrogens with zero attached hydrogens (tertiary/aromatic N) is 4. The van der Waals surface area contributed by atoms with Crippen LogP contribution in [0.1, 0.15) is 18.2 Å². The van der Waals surface area contributed by atoms with Crippen LogP contribution in [0.2, 0.25) is 5.02 Å². The molecule has 0 saturated carbocycles. The smallest absolute Gasteiger partial charge is 0.221 e. The number of aromatic nitrogens is 6. The van der Waals surface area contributed by atoms with Crippen molar-refractivity contribution in [1.29, 1.82) is 0 Å². The Kier molecular flexibility index (Phi) is 3.21. The number of hydrogen-bond donors (Lipinski definition) is 2. The van der Waals surface area contributed by atoms with Crippen molar-refractivity contribution in [1.82, 2.24) is 29.8 Å². The van der Waals surface area contributed by atoms with Crippen molar-refractivity contribution < 1.29 is 0 Å². The monoisotopic (exact) mass is 344 g/mol. The molecule has 0 aliphatic carbocycles. The molecule has 0 aliphatic rings. The van der Waals surface area contributed by atoms with E-state index in [1.165, 1.54) is 0 Å². The third-order valence-corrected chi connectivity index (χ3v) is 4.45. The highest BCUT2D eigenvalue weighted by atomic mass is 35.5. The van der Waals surface area contributed by atoms with E-state index < -0.39 is 0 Å². The van der Waals surface area contributed by atoms with E-state index >= 15 is 0 Å². The van der Waals surface area contributed by atoms with E-state index in [1.54, 1.807) is 10.6 Å². The van der Waals surface area contributed by atoms with Crippen molar-refractivity contribution in [3.8, 4) is 11.5 Å². The molecular formula is C15H13ClN6S. The van der Waals surface area contributed by atoms with Crippen LogP contribution in [0.25, 0.3) is 28.1 Å². The maximum atomic E-state index is 6.11. The molecule has 8 heteroatoms. The number of H-pyrrole nitrogens is 2. The predicted octanol–water partition coefficient (Wildman–Crippen LogP) is 3.85. The number of nitrogens with one attached hydrogen (secondary N) is 2. The van der Waals surface area contributed by atoms with Gasteiger partial charge in [0, 0.05) is 21.7 Å². The minimum absolute atomic E-state index is 0.414. The summed E-state index contributed by atoms with van der Waals surface area (Å²) in [5.74, 6) is 0.652. The molecule has 116 valence electrons. The Morgan fingerprint density at radius 2 is 2.13 bits per heavy atom. The highest BCUT2D eigenvalue weighted by Gasteiger charge is 2.16. The zero-order valence-corrected chi connectivity index (χ0v) is 14.1. The summed E-state index contributed by atoms with van der Waals surface area (Å²) in [6.45, 7) is 4.11. The summed E-state index contributed by atoms with van der Waals surface area (Å²) in [4.78, 5) is 9.10. The molecule has 0 amide bonds. The van der Waals surface area contributed by atoms with Crippen LogP contribution in [-0.2, 0) is 6.42 Å². The van der Waals surface area contributed by atoms with Crippen molar-refractivity contribution in [2.24, 2.45) is 0 Å². The molecule has 0 radical (unpaired) electrons. The molecule has 0 fully saturated rings. The van der Waals surface area contributed by atoms with Crippen LogP contribution in [0.15, 0.2) is 18.2 Å². The molecule has 3 heterocycles. The van der Waals surface area contributed by atoms with Gasteiger partial charge in [0.05, 0.1) is 5.52 Å². The van der Waals surface area contributed by atoms with E-state index in [4.69, 9.17) is 23.8 Å².